The number of carbonyl (C=O) groups excluding carboxylic acids is 2. The summed E-state index contributed by atoms with van der Waals surface area (Å²) in [6, 6.07) is 24.0. The Labute approximate surface area is 141 Å². The van der Waals surface area contributed by atoms with Crippen molar-refractivity contribution in [3.05, 3.63) is 72.8 Å². The molecule has 4 heteroatoms. The first-order valence-electron chi connectivity index (χ1n) is 6.32. The molecule has 0 amide bonds. The van der Waals surface area contributed by atoms with Crippen LogP contribution in [0, 0.1) is 10.8 Å². The zero-order valence-corrected chi connectivity index (χ0v) is 12.5. The Hall–Kier alpha value is -2.80. The molecule has 0 atom stereocenters. The highest BCUT2D eigenvalue weighted by Gasteiger charge is 1.58. The second-order valence-corrected chi connectivity index (χ2v) is 3.22. The normalized spacial score (nSPS) is 5.65. The van der Waals surface area contributed by atoms with Crippen molar-refractivity contribution in [2.45, 2.75) is 35.1 Å². The minimum absolute atomic E-state index is 0. The van der Waals surface area contributed by atoms with Gasteiger partial charge in [0.15, 0.2) is 0 Å². The van der Waals surface area contributed by atoms with Crippen molar-refractivity contribution < 1.29 is 9.59 Å². The maximum Gasteiger partial charge on any atom is 0.231 e. The molecule has 0 aromatic heterocycles. The van der Waals surface area contributed by atoms with Crippen molar-refractivity contribution in [3.8, 4) is 0 Å². The maximum absolute atomic E-state index is 8.35. The van der Waals surface area contributed by atoms with Gasteiger partial charge in [-0.1, -0.05) is 108 Å². The molecule has 0 bridgehead atoms. The highest BCUT2D eigenvalue weighted by Crippen LogP contribution is 1.80. The second kappa shape index (κ2) is 42.7. The van der Waals surface area contributed by atoms with Crippen molar-refractivity contribution >= 4 is 12.2 Å². The molecule has 0 aliphatic carbocycles. The smallest absolute Gasteiger partial charge is 0.222 e. The Bertz CT molecular complexity index is 337. The number of hydrogen-bond donors (Lipinski definition) is 2. The predicted molar refractivity (Wildman–Crippen MR) is 99.1 cm³/mol. The summed E-state index contributed by atoms with van der Waals surface area (Å²) in [5, 5.41) is 10.8. The summed E-state index contributed by atoms with van der Waals surface area (Å²) in [6.45, 7) is 4.25. The van der Waals surface area contributed by atoms with Crippen LogP contribution in [0.4, 0.5) is 0 Å². The Morgan fingerprint density at radius 1 is 0.565 bits per heavy atom. The van der Waals surface area contributed by atoms with Gasteiger partial charge in [-0.3, -0.25) is 0 Å². The topological polar surface area (TPSA) is 81.8 Å². The van der Waals surface area contributed by atoms with Crippen molar-refractivity contribution in [2.75, 3.05) is 0 Å². The minimum Gasteiger partial charge on any atom is -0.222 e. The highest BCUT2D eigenvalue weighted by molar-refractivity contribution is 5.26. The van der Waals surface area contributed by atoms with Gasteiger partial charge in [0.2, 0.25) is 12.2 Å². The molecule has 0 saturated carbocycles. The molecule has 128 valence electrons. The summed E-state index contributed by atoms with van der Waals surface area (Å²) < 4.78 is 0. The molecule has 4 nitrogen and oxygen atoms in total. The van der Waals surface area contributed by atoms with Crippen LogP contribution in [0.15, 0.2) is 72.8 Å². The Morgan fingerprint density at radius 2 is 0.609 bits per heavy atom. The fraction of sp³-hybridized carbons (Fsp3) is 0.263. The van der Waals surface area contributed by atoms with Gasteiger partial charge in [0.05, 0.1) is 0 Å². The lowest BCUT2D eigenvalue weighted by molar-refractivity contribution is 0.562. The molecule has 0 saturated heterocycles. The summed E-state index contributed by atoms with van der Waals surface area (Å²) in [5.41, 5.74) is 0. The van der Waals surface area contributed by atoms with Gasteiger partial charge < -0.3 is 0 Å². The van der Waals surface area contributed by atoms with E-state index in [-0.39, 0.29) is 14.9 Å². The number of rotatable bonds is 0. The van der Waals surface area contributed by atoms with E-state index in [9.17, 15) is 0 Å². The quantitative estimate of drug-likeness (QED) is 0.471. The van der Waals surface area contributed by atoms with E-state index >= 15 is 0 Å². The Morgan fingerprint density at radius 3 is 0.652 bits per heavy atom. The van der Waals surface area contributed by atoms with Crippen LogP contribution in [0.3, 0.4) is 0 Å². The van der Waals surface area contributed by atoms with E-state index in [4.69, 9.17) is 20.4 Å². The van der Waals surface area contributed by atoms with Crippen molar-refractivity contribution in [3.63, 3.8) is 0 Å². The van der Waals surface area contributed by atoms with Crippen molar-refractivity contribution in [1.82, 2.24) is 0 Å². The summed E-state index contributed by atoms with van der Waals surface area (Å²) in [5.74, 6) is 0. The fourth-order valence-corrected chi connectivity index (χ4v) is 0.770. The lowest BCUT2D eigenvalue weighted by Gasteiger charge is -1.69. The van der Waals surface area contributed by atoms with Gasteiger partial charge in [-0.2, -0.15) is 0 Å². The lowest BCUT2D eigenvalue weighted by atomic mass is 10.4. The van der Waals surface area contributed by atoms with Crippen LogP contribution in [-0.4, -0.2) is 12.2 Å². The van der Waals surface area contributed by atoms with Gasteiger partial charge in [-0.15, -0.1) is 0 Å². The molecule has 0 aliphatic heterocycles. The lowest BCUT2D eigenvalue weighted by Crippen LogP contribution is -1.47. The van der Waals surface area contributed by atoms with E-state index in [1.807, 2.05) is 72.8 Å². The van der Waals surface area contributed by atoms with Crippen molar-refractivity contribution in [1.29, 1.82) is 10.8 Å². The maximum atomic E-state index is 8.35. The average molecular weight is 318 g/mol. The molecule has 0 spiro atoms. The predicted octanol–water partition coefficient (Wildman–Crippen LogP) is 5.86. The molecule has 2 rings (SSSR count). The van der Waals surface area contributed by atoms with Crippen LogP contribution in [0.25, 0.3) is 0 Å². The van der Waals surface area contributed by atoms with Gasteiger partial charge in [0, 0.05) is 0 Å². The van der Waals surface area contributed by atoms with E-state index in [1.165, 1.54) is 6.42 Å². The van der Waals surface area contributed by atoms with Gasteiger partial charge in [-0.25, -0.2) is 20.4 Å². The second-order valence-electron chi connectivity index (χ2n) is 3.22. The molecule has 2 N–H and O–H groups in total. The van der Waals surface area contributed by atoms with Crippen LogP contribution in [0.5, 0.6) is 0 Å². The molecule has 0 heterocycles. The van der Waals surface area contributed by atoms with E-state index < -0.39 is 0 Å². The molecule has 23 heavy (non-hydrogen) atoms. The summed E-state index contributed by atoms with van der Waals surface area (Å²) in [6.07, 6.45) is 2.75. The Kier molecular flexibility index (Phi) is 59.9. The SMILES string of the molecule is C.C.CCC.N=C=O.N=C=O.c1ccccc1.c1ccccc1. The minimum atomic E-state index is 0. The first-order chi connectivity index (χ1) is 10.2. The largest absolute Gasteiger partial charge is 0.231 e. The number of hydrogen-bond acceptors (Lipinski definition) is 4. The molecule has 0 unspecified atom stereocenters. The van der Waals surface area contributed by atoms with Crippen LogP contribution >= 0.6 is 0 Å². The monoisotopic (exact) mass is 318 g/mol. The van der Waals surface area contributed by atoms with E-state index in [0.717, 1.165) is 12.2 Å². The van der Waals surface area contributed by atoms with Crippen LogP contribution < -0.4 is 0 Å². The van der Waals surface area contributed by atoms with Crippen LogP contribution in [-0.2, 0) is 9.59 Å². The Balaban J connectivity index is -0.0000000604. The molecular weight excluding hydrogens is 288 g/mol. The molecule has 2 aromatic carbocycles. The zero-order chi connectivity index (χ0) is 16.6. The van der Waals surface area contributed by atoms with Gasteiger partial charge >= 0.3 is 0 Å². The third-order valence-electron chi connectivity index (χ3n) is 1.33. The first kappa shape index (κ1) is 32.2. The molecule has 0 aliphatic rings. The fourth-order valence-electron chi connectivity index (χ4n) is 0.770. The molecule has 2 aromatic rings. The summed E-state index contributed by atoms with van der Waals surface area (Å²) in [4.78, 5) is 16.7. The highest BCUT2D eigenvalue weighted by atomic mass is 16.1. The molecule has 0 fully saturated rings. The third-order valence-corrected chi connectivity index (χ3v) is 1.33. The van der Waals surface area contributed by atoms with E-state index in [0.29, 0.717) is 0 Å². The average Bonchev–Trinajstić information content (AvgIpc) is 2.54. The van der Waals surface area contributed by atoms with E-state index in [2.05, 4.69) is 13.8 Å². The number of benzene rings is 2. The third kappa shape index (κ3) is 67.1. The standard InChI is InChI=1S/2C6H6.C3H8.2CHNO.2CH4/c2*1-2-4-6-5-3-1;1-3-2;2*2-1-3;;/h2*1-6H;3H2,1-2H3;2*2H;2*1H4. The summed E-state index contributed by atoms with van der Waals surface area (Å²) >= 11 is 0. The molecular formula is C19H30N2O2. The van der Waals surface area contributed by atoms with E-state index in [1.54, 1.807) is 0 Å². The van der Waals surface area contributed by atoms with Gasteiger partial charge in [0.1, 0.15) is 0 Å². The first-order valence-corrected chi connectivity index (χ1v) is 6.32. The van der Waals surface area contributed by atoms with Gasteiger partial charge in [-0.05, 0) is 0 Å². The number of isocyanates is 2. The van der Waals surface area contributed by atoms with Crippen molar-refractivity contribution in [2.24, 2.45) is 0 Å². The molecule has 0 radical (unpaired) electrons. The zero-order valence-electron chi connectivity index (χ0n) is 12.5. The van der Waals surface area contributed by atoms with Crippen LogP contribution in [0.2, 0.25) is 0 Å². The number of nitrogens with one attached hydrogen (secondary N) is 2. The van der Waals surface area contributed by atoms with Crippen LogP contribution in [0.1, 0.15) is 35.1 Å². The van der Waals surface area contributed by atoms with Gasteiger partial charge in [0.25, 0.3) is 0 Å². The summed E-state index contributed by atoms with van der Waals surface area (Å²) in [7, 11) is 0.